The standard InChI is InChI=1S/C18H14BrClF3NO4/c1-16(26,11-5-4-10(19)8-12(11)20)17(27,18(21,22)23)9-3-6-14-13(7-9)24(2)15(25)28-14/h3-8,26-27H,1-2H3. The molecule has 0 saturated heterocycles. The highest BCUT2D eigenvalue weighted by atomic mass is 79.9. The minimum Gasteiger partial charge on any atom is -0.408 e. The Hall–Kier alpha value is -1.81. The van der Waals surface area contributed by atoms with E-state index in [0.29, 0.717) is 4.47 Å². The fourth-order valence-electron chi connectivity index (χ4n) is 3.15. The minimum atomic E-state index is -5.29. The molecule has 3 aromatic rings. The lowest BCUT2D eigenvalue weighted by Crippen LogP contribution is -2.57. The van der Waals surface area contributed by atoms with Crippen LogP contribution in [0.15, 0.2) is 50.1 Å². The number of hydrogen-bond donors (Lipinski definition) is 2. The van der Waals surface area contributed by atoms with Crippen LogP contribution in [0.1, 0.15) is 18.1 Å². The molecule has 0 bridgehead atoms. The summed E-state index contributed by atoms with van der Waals surface area (Å²) in [5.74, 6) is -0.773. The molecule has 0 aliphatic heterocycles. The first-order valence-electron chi connectivity index (χ1n) is 7.87. The molecule has 0 aliphatic rings. The Morgan fingerprint density at radius 1 is 1.14 bits per heavy atom. The average Bonchev–Trinajstić information content (AvgIpc) is 2.86. The largest absolute Gasteiger partial charge is 0.424 e. The second kappa shape index (κ2) is 6.62. The lowest BCUT2D eigenvalue weighted by Gasteiger charge is -2.43. The van der Waals surface area contributed by atoms with E-state index in [1.54, 1.807) is 0 Å². The van der Waals surface area contributed by atoms with E-state index in [-0.39, 0.29) is 21.7 Å². The summed E-state index contributed by atoms with van der Waals surface area (Å²) in [6, 6.07) is 6.92. The van der Waals surface area contributed by atoms with Crippen LogP contribution in [0, 0.1) is 0 Å². The van der Waals surface area contributed by atoms with Crippen molar-refractivity contribution in [3.8, 4) is 0 Å². The molecule has 0 amide bonds. The van der Waals surface area contributed by atoms with E-state index >= 15 is 0 Å². The van der Waals surface area contributed by atoms with Gasteiger partial charge in [-0.1, -0.05) is 39.7 Å². The van der Waals surface area contributed by atoms with Gasteiger partial charge in [0.15, 0.2) is 5.58 Å². The van der Waals surface area contributed by atoms with Crippen LogP contribution in [0.25, 0.3) is 11.1 Å². The normalized spacial score (nSPS) is 16.8. The third-order valence-electron chi connectivity index (χ3n) is 4.78. The number of aryl methyl sites for hydroxylation is 1. The molecule has 3 rings (SSSR count). The maximum atomic E-state index is 14.1. The zero-order valence-electron chi connectivity index (χ0n) is 14.5. The van der Waals surface area contributed by atoms with E-state index in [0.717, 1.165) is 29.7 Å². The van der Waals surface area contributed by atoms with Gasteiger partial charge < -0.3 is 14.6 Å². The van der Waals surface area contributed by atoms with E-state index in [9.17, 15) is 28.2 Å². The van der Waals surface area contributed by atoms with E-state index in [1.807, 2.05) is 0 Å². The van der Waals surface area contributed by atoms with Crippen LogP contribution in [0.3, 0.4) is 0 Å². The fraction of sp³-hybridized carbons (Fsp3) is 0.278. The minimum absolute atomic E-state index is 0.0304. The molecule has 0 radical (unpaired) electrons. The maximum Gasteiger partial charge on any atom is 0.424 e. The maximum absolute atomic E-state index is 14.1. The molecule has 0 saturated carbocycles. The molecular formula is C18H14BrClF3NO4. The molecule has 2 unspecified atom stereocenters. The average molecular weight is 481 g/mol. The number of alkyl halides is 3. The van der Waals surface area contributed by atoms with Gasteiger partial charge in [-0.2, -0.15) is 13.2 Å². The molecule has 2 aromatic carbocycles. The topological polar surface area (TPSA) is 75.6 Å². The summed E-state index contributed by atoms with van der Waals surface area (Å²) in [6.45, 7) is 0.828. The molecule has 0 spiro atoms. The van der Waals surface area contributed by atoms with E-state index in [1.165, 1.54) is 25.2 Å². The predicted octanol–water partition coefficient (Wildman–Crippen LogP) is 4.21. The molecule has 150 valence electrons. The van der Waals surface area contributed by atoms with Gasteiger partial charge in [0.05, 0.1) is 5.52 Å². The van der Waals surface area contributed by atoms with Gasteiger partial charge in [-0.05, 0) is 36.8 Å². The van der Waals surface area contributed by atoms with Crippen molar-refractivity contribution in [2.24, 2.45) is 7.05 Å². The number of oxazole rings is 1. The number of aliphatic hydroxyl groups is 2. The van der Waals surface area contributed by atoms with Gasteiger partial charge in [0.2, 0.25) is 5.60 Å². The first-order valence-corrected chi connectivity index (χ1v) is 9.05. The first kappa shape index (κ1) is 20.9. The third-order valence-corrected chi connectivity index (χ3v) is 5.59. The van der Waals surface area contributed by atoms with E-state index in [2.05, 4.69) is 15.9 Å². The number of fused-ring (bicyclic) bond motifs is 1. The zero-order valence-corrected chi connectivity index (χ0v) is 16.9. The molecule has 2 atom stereocenters. The summed E-state index contributed by atoms with van der Waals surface area (Å²) in [6.07, 6.45) is -5.29. The summed E-state index contributed by atoms with van der Waals surface area (Å²) >= 11 is 9.19. The van der Waals surface area contributed by atoms with Gasteiger partial charge in [-0.15, -0.1) is 0 Å². The van der Waals surface area contributed by atoms with Crippen LogP contribution < -0.4 is 5.76 Å². The van der Waals surface area contributed by atoms with Gasteiger partial charge in [0.1, 0.15) is 5.60 Å². The van der Waals surface area contributed by atoms with Crippen molar-refractivity contribution in [3.63, 3.8) is 0 Å². The van der Waals surface area contributed by atoms with Gasteiger partial charge in [-0.25, -0.2) is 4.79 Å². The molecule has 2 N–H and O–H groups in total. The van der Waals surface area contributed by atoms with Crippen molar-refractivity contribution in [2.75, 3.05) is 0 Å². The van der Waals surface area contributed by atoms with Crippen LogP contribution in [-0.2, 0) is 18.2 Å². The smallest absolute Gasteiger partial charge is 0.408 e. The molecule has 1 aromatic heterocycles. The highest BCUT2D eigenvalue weighted by molar-refractivity contribution is 9.10. The molecule has 0 aliphatic carbocycles. The van der Waals surface area contributed by atoms with Gasteiger partial charge in [-0.3, -0.25) is 4.57 Å². The number of rotatable bonds is 3. The summed E-state index contributed by atoms with van der Waals surface area (Å²) in [7, 11) is 1.31. The molecule has 1 heterocycles. The Balaban J connectivity index is 2.32. The Labute approximate surface area is 170 Å². The number of hydrogen-bond acceptors (Lipinski definition) is 4. The van der Waals surface area contributed by atoms with Crippen LogP contribution >= 0.6 is 27.5 Å². The monoisotopic (exact) mass is 479 g/mol. The zero-order chi connectivity index (χ0) is 21.1. The van der Waals surface area contributed by atoms with Crippen molar-refractivity contribution in [1.29, 1.82) is 0 Å². The Bertz CT molecular complexity index is 1120. The summed E-state index contributed by atoms with van der Waals surface area (Å²) in [5.41, 5.74) is -7.52. The van der Waals surface area contributed by atoms with Crippen molar-refractivity contribution in [1.82, 2.24) is 4.57 Å². The fourth-order valence-corrected chi connectivity index (χ4v) is 4.01. The van der Waals surface area contributed by atoms with Gasteiger partial charge >= 0.3 is 11.9 Å². The first-order chi connectivity index (χ1) is 12.8. The summed E-state index contributed by atoms with van der Waals surface area (Å²) in [4.78, 5) is 11.6. The van der Waals surface area contributed by atoms with Crippen LogP contribution in [0.2, 0.25) is 5.02 Å². The molecule has 5 nitrogen and oxygen atoms in total. The lowest BCUT2D eigenvalue weighted by atomic mass is 9.74. The Morgan fingerprint density at radius 3 is 2.36 bits per heavy atom. The van der Waals surface area contributed by atoms with Gasteiger partial charge in [0, 0.05) is 22.1 Å². The number of nitrogens with zero attached hydrogens (tertiary/aromatic N) is 1. The van der Waals surface area contributed by atoms with Crippen LogP contribution in [-0.4, -0.2) is 21.0 Å². The van der Waals surface area contributed by atoms with Crippen LogP contribution in [0.5, 0.6) is 0 Å². The lowest BCUT2D eigenvalue weighted by molar-refractivity contribution is -0.327. The summed E-state index contributed by atoms with van der Waals surface area (Å²) < 4.78 is 48.8. The van der Waals surface area contributed by atoms with Crippen molar-refractivity contribution in [2.45, 2.75) is 24.3 Å². The second-order valence-corrected chi connectivity index (χ2v) is 7.84. The Morgan fingerprint density at radius 2 is 1.79 bits per heavy atom. The second-order valence-electron chi connectivity index (χ2n) is 6.51. The van der Waals surface area contributed by atoms with Crippen LogP contribution in [0.4, 0.5) is 13.2 Å². The molecule has 28 heavy (non-hydrogen) atoms. The highest BCUT2D eigenvalue weighted by Crippen LogP contribution is 2.52. The predicted molar refractivity (Wildman–Crippen MR) is 100 cm³/mol. The highest BCUT2D eigenvalue weighted by Gasteiger charge is 2.66. The molecule has 10 heteroatoms. The third kappa shape index (κ3) is 2.97. The molecular weight excluding hydrogens is 467 g/mol. The quantitative estimate of drug-likeness (QED) is 0.589. The van der Waals surface area contributed by atoms with E-state index in [4.69, 9.17) is 16.0 Å². The van der Waals surface area contributed by atoms with Crippen molar-refractivity contribution < 1.29 is 27.8 Å². The summed E-state index contributed by atoms with van der Waals surface area (Å²) in [5, 5.41) is 21.7. The Kier molecular flexibility index (Phi) is 4.94. The number of halogens is 5. The SMILES string of the molecule is Cn1c(=O)oc2ccc(C(O)(C(F)(F)F)C(C)(O)c3ccc(Br)cc3Cl)cc21. The van der Waals surface area contributed by atoms with Crippen molar-refractivity contribution >= 4 is 38.6 Å². The van der Waals surface area contributed by atoms with E-state index < -0.39 is 28.7 Å². The van der Waals surface area contributed by atoms with Gasteiger partial charge in [0.25, 0.3) is 0 Å². The number of benzene rings is 2. The molecule has 0 fully saturated rings. The van der Waals surface area contributed by atoms with Crippen molar-refractivity contribution in [3.05, 3.63) is 67.6 Å². The number of aromatic nitrogens is 1.